The van der Waals surface area contributed by atoms with Gasteiger partial charge in [0.2, 0.25) is 0 Å². The van der Waals surface area contributed by atoms with E-state index in [4.69, 9.17) is 4.99 Å². The number of rotatable bonds is 6. The van der Waals surface area contributed by atoms with Gasteiger partial charge >= 0.3 is 0 Å². The molecule has 2 fully saturated rings. The summed E-state index contributed by atoms with van der Waals surface area (Å²) in [6.07, 6.45) is 12.3. The molecule has 2 aliphatic rings. The zero-order valence-corrected chi connectivity index (χ0v) is 16.8. The molecule has 2 saturated carbocycles. The van der Waals surface area contributed by atoms with Gasteiger partial charge in [-0.05, 0) is 39.7 Å². The van der Waals surface area contributed by atoms with Crippen LogP contribution in [0.5, 0.6) is 0 Å². The fraction of sp³-hybridized carbons (Fsp3) is 0.941. The van der Waals surface area contributed by atoms with E-state index in [-0.39, 0.29) is 24.0 Å². The van der Waals surface area contributed by atoms with Gasteiger partial charge in [0, 0.05) is 25.2 Å². The quantitative estimate of drug-likeness (QED) is 0.392. The first-order valence-corrected chi connectivity index (χ1v) is 9.04. The Bertz CT molecular complexity index is 310. The zero-order chi connectivity index (χ0) is 14.9. The topological polar surface area (TPSA) is 39.7 Å². The lowest BCUT2D eigenvalue weighted by Crippen LogP contribution is -2.43. The van der Waals surface area contributed by atoms with Gasteiger partial charge in [0.25, 0.3) is 0 Å². The maximum atomic E-state index is 4.76. The summed E-state index contributed by atoms with van der Waals surface area (Å²) in [7, 11) is 2.27. The molecule has 130 valence electrons. The molecule has 0 aromatic rings. The van der Waals surface area contributed by atoms with Crippen LogP contribution in [0.3, 0.4) is 0 Å². The van der Waals surface area contributed by atoms with Crippen molar-refractivity contribution in [2.75, 3.05) is 26.7 Å². The lowest BCUT2D eigenvalue weighted by Gasteiger charge is -2.30. The summed E-state index contributed by atoms with van der Waals surface area (Å²) < 4.78 is 0. The molecule has 0 saturated heterocycles. The first-order chi connectivity index (χ1) is 10.3. The van der Waals surface area contributed by atoms with Gasteiger partial charge in [0.15, 0.2) is 5.96 Å². The van der Waals surface area contributed by atoms with Gasteiger partial charge in [-0.25, -0.2) is 0 Å². The highest BCUT2D eigenvalue weighted by Crippen LogP contribution is 2.21. The third-order valence-electron chi connectivity index (χ3n) is 4.96. The second kappa shape index (κ2) is 11.5. The smallest absolute Gasteiger partial charge is 0.191 e. The molecule has 4 nitrogen and oxygen atoms in total. The van der Waals surface area contributed by atoms with Crippen LogP contribution in [0, 0.1) is 0 Å². The second-order valence-corrected chi connectivity index (χ2v) is 6.66. The van der Waals surface area contributed by atoms with Crippen molar-refractivity contribution in [3.8, 4) is 0 Å². The summed E-state index contributed by atoms with van der Waals surface area (Å²) in [5, 5.41) is 6.97. The van der Waals surface area contributed by atoms with E-state index in [2.05, 4.69) is 29.5 Å². The third kappa shape index (κ3) is 7.02. The number of aliphatic imine (C=N–C) groups is 1. The van der Waals surface area contributed by atoms with Crippen molar-refractivity contribution >= 4 is 29.9 Å². The summed E-state index contributed by atoms with van der Waals surface area (Å²) in [5.41, 5.74) is 0. The van der Waals surface area contributed by atoms with E-state index in [1.54, 1.807) is 0 Å². The average Bonchev–Trinajstić information content (AvgIpc) is 3.01. The van der Waals surface area contributed by atoms with Crippen LogP contribution in [0.4, 0.5) is 0 Å². The first kappa shape index (κ1) is 20.0. The Morgan fingerprint density at radius 1 is 1.05 bits per heavy atom. The number of guanidine groups is 1. The van der Waals surface area contributed by atoms with Crippen molar-refractivity contribution in [1.82, 2.24) is 15.5 Å². The van der Waals surface area contributed by atoms with Crippen LogP contribution >= 0.6 is 24.0 Å². The van der Waals surface area contributed by atoms with E-state index in [0.29, 0.717) is 6.04 Å². The minimum absolute atomic E-state index is 0. The zero-order valence-electron chi connectivity index (χ0n) is 14.4. The monoisotopic (exact) mass is 422 g/mol. The molecule has 0 amide bonds. The summed E-state index contributed by atoms with van der Waals surface area (Å²) in [5.74, 6) is 1.02. The predicted molar refractivity (Wildman–Crippen MR) is 106 cm³/mol. The summed E-state index contributed by atoms with van der Waals surface area (Å²) >= 11 is 0. The van der Waals surface area contributed by atoms with Crippen molar-refractivity contribution < 1.29 is 0 Å². The largest absolute Gasteiger partial charge is 0.357 e. The van der Waals surface area contributed by atoms with Crippen LogP contribution in [0.2, 0.25) is 0 Å². The Labute approximate surface area is 153 Å². The Balaban J connectivity index is 0.00000242. The van der Waals surface area contributed by atoms with Gasteiger partial charge in [-0.1, -0.05) is 32.1 Å². The fourth-order valence-electron chi connectivity index (χ4n) is 3.61. The van der Waals surface area contributed by atoms with Gasteiger partial charge < -0.3 is 15.5 Å². The molecule has 0 spiro atoms. The van der Waals surface area contributed by atoms with Gasteiger partial charge in [-0.3, -0.25) is 4.99 Å². The van der Waals surface area contributed by atoms with Gasteiger partial charge in [-0.2, -0.15) is 0 Å². The predicted octanol–water partition coefficient (Wildman–Crippen LogP) is 3.37. The molecule has 2 N–H and O–H groups in total. The van der Waals surface area contributed by atoms with Gasteiger partial charge in [-0.15, -0.1) is 24.0 Å². The van der Waals surface area contributed by atoms with Crippen LogP contribution in [0.25, 0.3) is 0 Å². The number of hydrogen-bond donors (Lipinski definition) is 2. The Hall–Kier alpha value is -0.0400. The molecule has 0 aliphatic heterocycles. The van der Waals surface area contributed by atoms with Crippen LogP contribution in [-0.4, -0.2) is 49.6 Å². The minimum atomic E-state index is 0. The number of likely N-dealkylation sites (N-methyl/N-ethyl adjacent to an activating group) is 1. The van der Waals surface area contributed by atoms with Crippen LogP contribution < -0.4 is 10.6 Å². The Morgan fingerprint density at radius 2 is 1.68 bits per heavy atom. The van der Waals surface area contributed by atoms with Crippen molar-refractivity contribution in [2.24, 2.45) is 4.99 Å². The van der Waals surface area contributed by atoms with E-state index < -0.39 is 0 Å². The van der Waals surface area contributed by atoms with E-state index in [9.17, 15) is 0 Å². The third-order valence-corrected chi connectivity index (χ3v) is 4.96. The second-order valence-electron chi connectivity index (χ2n) is 6.66. The molecule has 0 unspecified atom stereocenters. The molecule has 0 radical (unpaired) electrons. The lowest BCUT2D eigenvalue weighted by atomic mass is 9.94. The van der Waals surface area contributed by atoms with Crippen molar-refractivity contribution in [3.63, 3.8) is 0 Å². The average molecular weight is 422 g/mol. The van der Waals surface area contributed by atoms with Crippen LogP contribution in [0.1, 0.15) is 64.7 Å². The highest BCUT2D eigenvalue weighted by Gasteiger charge is 2.18. The maximum absolute atomic E-state index is 4.76. The lowest BCUT2D eigenvalue weighted by molar-refractivity contribution is 0.196. The highest BCUT2D eigenvalue weighted by atomic mass is 127. The molecular formula is C17H35IN4. The van der Waals surface area contributed by atoms with E-state index in [0.717, 1.165) is 31.6 Å². The van der Waals surface area contributed by atoms with E-state index in [1.165, 1.54) is 57.8 Å². The first-order valence-electron chi connectivity index (χ1n) is 9.04. The molecule has 2 rings (SSSR count). The Kier molecular flexibility index (Phi) is 10.4. The summed E-state index contributed by atoms with van der Waals surface area (Å²) in [6, 6.07) is 1.43. The summed E-state index contributed by atoms with van der Waals surface area (Å²) in [6.45, 7) is 5.05. The van der Waals surface area contributed by atoms with Crippen LogP contribution in [0.15, 0.2) is 4.99 Å². The number of nitrogens with one attached hydrogen (secondary N) is 2. The Morgan fingerprint density at radius 3 is 2.32 bits per heavy atom. The molecular weight excluding hydrogens is 387 g/mol. The number of nitrogens with zero attached hydrogens (tertiary/aromatic N) is 2. The van der Waals surface area contributed by atoms with Gasteiger partial charge in [0.05, 0.1) is 6.54 Å². The molecule has 5 heteroatoms. The minimum Gasteiger partial charge on any atom is -0.357 e. The van der Waals surface area contributed by atoms with E-state index in [1.807, 2.05) is 0 Å². The summed E-state index contributed by atoms with van der Waals surface area (Å²) in [4.78, 5) is 7.28. The molecule has 22 heavy (non-hydrogen) atoms. The fourth-order valence-corrected chi connectivity index (χ4v) is 3.61. The molecule has 0 atom stereocenters. The molecule has 0 heterocycles. The normalized spacial score (nSPS) is 21.0. The van der Waals surface area contributed by atoms with E-state index >= 15 is 0 Å². The molecule has 0 bridgehead atoms. The van der Waals surface area contributed by atoms with Crippen molar-refractivity contribution in [3.05, 3.63) is 0 Å². The number of hydrogen-bond acceptors (Lipinski definition) is 2. The molecule has 2 aliphatic carbocycles. The SMILES string of the molecule is CCNC(=NCCN(C)C1CCCCC1)NC1CCCC1.I. The molecule has 0 aromatic carbocycles. The standard InChI is InChI=1S/C17H34N4.HI/c1-3-18-17(20-15-9-7-8-10-15)19-13-14-21(2)16-11-5-4-6-12-16;/h15-16H,3-14H2,1-2H3,(H2,18,19,20);1H. The molecule has 0 aromatic heterocycles. The van der Waals surface area contributed by atoms with Crippen molar-refractivity contribution in [1.29, 1.82) is 0 Å². The maximum Gasteiger partial charge on any atom is 0.191 e. The highest BCUT2D eigenvalue weighted by molar-refractivity contribution is 14.0. The van der Waals surface area contributed by atoms with Crippen LogP contribution in [-0.2, 0) is 0 Å². The van der Waals surface area contributed by atoms with Gasteiger partial charge in [0.1, 0.15) is 0 Å². The number of halogens is 1. The van der Waals surface area contributed by atoms with Crippen molar-refractivity contribution in [2.45, 2.75) is 76.8 Å².